The maximum absolute atomic E-state index is 12.1. The molecule has 0 spiro atoms. The van der Waals surface area contributed by atoms with Crippen LogP contribution in [0, 0.1) is 6.92 Å². The minimum absolute atomic E-state index is 0.0724. The largest absolute Gasteiger partial charge is 0.480 e. The molecule has 3 N–H and O–H groups in total. The van der Waals surface area contributed by atoms with E-state index in [1.54, 1.807) is 13.0 Å². The van der Waals surface area contributed by atoms with Crippen molar-refractivity contribution in [2.24, 2.45) is 0 Å². The van der Waals surface area contributed by atoms with E-state index in [4.69, 9.17) is 5.11 Å². The Bertz CT molecular complexity index is 639. The third-order valence-corrected chi connectivity index (χ3v) is 4.18. The van der Waals surface area contributed by atoms with E-state index in [-0.39, 0.29) is 10.8 Å². The van der Waals surface area contributed by atoms with E-state index in [1.807, 2.05) is 0 Å². The van der Waals surface area contributed by atoms with E-state index >= 15 is 0 Å². The fourth-order valence-corrected chi connectivity index (χ4v) is 2.98. The lowest BCUT2D eigenvalue weighted by atomic mass is 10.2. The third kappa shape index (κ3) is 4.04. The number of carboxylic acid groups (broad SMARTS) is 1. The molecule has 0 bridgehead atoms. The lowest BCUT2D eigenvalue weighted by Crippen LogP contribution is -2.38. The Hall–Kier alpha value is -1.93. The second kappa shape index (κ2) is 6.02. The summed E-state index contributed by atoms with van der Waals surface area (Å²) in [5.74, 6) is -1.60. The van der Waals surface area contributed by atoms with Gasteiger partial charge in [-0.25, -0.2) is 8.42 Å². The summed E-state index contributed by atoms with van der Waals surface area (Å²) >= 11 is 0. The number of benzene rings is 1. The van der Waals surface area contributed by atoms with Gasteiger partial charge in [-0.15, -0.1) is 0 Å². The van der Waals surface area contributed by atoms with Gasteiger partial charge < -0.3 is 10.4 Å². The van der Waals surface area contributed by atoms with Crippen LogP contribution in [0.2, 0.25) is 0 Å². The minimum atomic E-state index is -3.98. The van der Waals surface area contributed by atoms with E-state index in [1.165, 1.54) is 26.0 Å². The molecule has 0 aliphatic heterocycles. The van der Waals surface area contributed by atoms with Gasteiger partial charge in [0, 0.05) is 12.6 Å². The Kier molecular flexibility index (Phi) is 4.85. The summed E-state index contributed by atoms with van der Waals surface area (Å²) in [4.78, 5) is 21.6. The van der Waals surface area contributed by atoms with Gasteiger partial charge in [0.1, 0.15) is 6.04 Å². The van der Waals surface area contributed by atoms with Crippen LogP contribution in [0.15, 0.2) is 23.1 Å². The molecule has 1 aromatic rings. The van der Waals surface area contributed by atoms with Crippen molar-refractivity contribution in [1.29, 1.82) is 0 Å². The predicted molar refractivity (Wildman–Crippen MR) is 72.9 cm³/mol. The molecule has 1 amide bonds. The van der Waals surface area contributed by atoms with E-state index in [0.717, 1.165) is 0 Å². The Morgan fingerprint density at radius 2 is 1.90 bits per heavy atom. The number of amides is 1. The lowest BCUT2D eigenvalue weighted by molar-refractivity contribution is -0.138. The number of anilines is 1. The molecule has 0 saturated heterocycles. The molecule has 0 aliphatic rings. The Balaban J connectivity index is 3.16. The van der Waals surface area contributed by atoms with Crippen LogP contribution < -0.4 is 10.0 Å². The average Bonchev–Trinajstić information content (AvgIpc) is 2.30. The number of aliphatic carboxylic acids is 1. The van der Waals surface area contributed by atoms with Crippen LogP contribution in [0.25, 0.3) is 0 Å². The molecular formula is C12H16N2O5S. The summed E-state index contributed by atoms with van der Waals surface area (Å²) in [6.45, 7) is 4.11. The van der Waals surface area contributed by atoms with Gasteiger partial charge in [-0.2, -0.15) is 4.72 Å². The molecule has 7 nitrogen and oxygen atoms in total. The summed E-state index contributed by atoms with van der Waals surface area (Å²) in [5.41, 5.74) is 0.774. The van der Waals surface area contributed by atoms with Crippen LogP contribution in [0.3, 0.4) is 0 Å². The molecule has 0 fully saturated rings. The van der Waals surface area contributed by atoms with Crippen LogP contribution in [0.1, 0.15) is 19.4 Å². The molecule has 110 valence electrons. The average molecular weight is 300 g/mol. The summed E-state index contributed by atoms with van der Waals surface area (Å²) in [7, 11) is -3.98. The third-order valence-electron chi connectivity index (χ3n) is 2.50. The zero-order valence-corrected chi connectivity index (χ0v) is 12.1. The number of aryl methyl sites for hydroxylation is 1. The molecule has 0 radical (unpaired) electrons. The van der Waals surface area contributed by atoms with Gasteiger partial charge in [0.2, 0.25) is 15.9 Å². The van der Waals surface area contributed by atoms with Crippen LogP contribution in [0.4, 0.5) is 5.69 Å². The molecular weight excluding hydrogens is 284 g/mol. The van der Waals surface area contributed by atoms with Crippen molar-refractivity contribution >= 4 is 27.6 Å². The number of carboxylic acids is 1. The first kappa shape index (κ1) is 16.1. The molecule has 0 heterocycles. The van der Waals surface area contributed by atoms with Crippen molar-refractivity contribution in [3.63, 3.8) is 0 Å². The topological polar surface area (TPSA) is 113 Å². The first-order chi connectivity index (χ1) is 9.13. The molecule has 1 unspecified atom stereocenters. The van der Waals surface area contributed by atoms with E-state index in [0.29, 0.717) is 11.3 Å². The number of nitrogens with one attached hydrogen (secondary N) is 2. The normalized spacial score (nSPS) is 12.8. The Morgan fingerprint density at radius 3 is 2.40 bits per heavy atom. The van der Waals surface area contributed by atoms with Gasteiger partial charge in [0.15, 0.2) is 0 Å². The van der Waals surface area contributed by atoms with Crippen molar-refractivity contribution in [1.82, 2.24) is 4.72 Å². The maximum Gasteiger partial charge on any atom is 0.321 e. The highest BCUT2D eigenvalue weighted by molar-refractivity contribution is 7.89. The molecule has 0 saturated carbocycles. The minimum Gasteiger partial charge on any atom is -0.480 e. The zero-order chi connectivity index (χ0) is 15.5. The Labute approximate surface area is 117 Å². The van der Waals surface area contributed by atoms with Crippen LogP contribution in [-0.2, 0) is 19.6 Å². The number of carbonyl (C=O) groups is 2. The highest BCUT2D eigenvalue weighted by Crippen LogP contribution is 2.20. The summed E-state index contributed by atoms with van der Waals surface area (Å²) < 4.78 is 26.3. The van der Waals surface area contributed by atoms with Gasteiger partial charge in [-0.3, -0.25) is 9.59 Å². The van der Waals surface area contributed by atoms with Gasteiger partial charge in [0.25, 0.3) is 0 Å². The SMILES string of the molecule is CC(=O)Nc1ccc(C)c(S(=O)(=O)NC(C)C(=O)O)c1. The molecule has 8 heteroatoms. The fourth-order valence-electron chi connectivity index (χ4n) is 1.52. The van der Waals surface area contributed by atoms with E-state index < -0.39 is 22.0 Å². The molecule has 1 rings (SSSR count). The highest BCUT2D eigenvalue weighted by atomic mass is 32.2. The van der Waals surface area contributed by atoms with Crippen molar-refractivity contribution < 1.29 is 23.1 Å². The first-order valence-electron chi connectivity index (χ1n) is 5.77. The van der Waals surface area contributed by atoms with Gasteiger partial charge in [-0.1, -0.05) is 6.07 Å². The lowest BCUT2D eigenvalue weighted by Gasteiger charge is -2.13. The van der Waals surface area contributed by atoms with Crippen molar-refractivity contribution in [3.8, 4) is 0 Å². The predicted octanol–water partition coefficient (Wildman–Crippen LogP) is 0.705. The smallest absolute Gasteiger partial charge is 0.321 e. The summed E-state index contributed by atoms with van der Waals surface area (Å²) in [5, 5.41) is 11.2. The van der Waals surface area contributed by atoms with Crippen molar-refractivity contribution in [2.45, 2.75) is 31.7 Å². The molecule has 0 aliphatic carbocycles. The quantitative estimate of drug-likeness (QED) is 0.741. The number of hydrogen-bond acceptors (Lipinski definition) is 4. The van der Waals surface area contributed by atoms with E-state index in [9.17, 15) is 18.0 Å². The standard InChI is InChI=1S/C12H16N2O5S/c1-7-4-5-10(13-9(3)15)6-11(7)20(18,19)14-8(2)12(16)17/h4-6,8,14H,1-3H3,(H,13,15)(H,16,17). The molecule has 1 aromatic carbocycles. The van der Waals surface area contributed by atoms with E-state index in [2.05, 4.69) is 10.0 Å². The molecule has 1 atom stereocenters. The number of hydrogen-bond donors (Lipinski definition) is 3. The maximum atomic E-state index is 12.1. The van der Waals surface area contributed by atoms with Crippen LogP contribution in [-0.4, -0.2) is 31.4 Å². The van der Waals surface area contributed by atoms with Crippen LogP contribution in [0.5, 0.6) is 0 Å². The Morgan fingerprint density at radius 1 is 1.30 bits per heavy atom. The van der Waals surface area contributed by atoms with Gasteiger partial charge in [0.05, 0.1) is 4.90 Å². The summed E-state index contributed by atoms with van der Waals surface area (Å²) in [6.07, 6.45) is 0. The second-order valence-electron chi connectivity index (χ2n) is 4.34. The van der Waals surface area contributed by atoms with Crippen LogP contribution >= 0.6 is 0 Å². The van der Waals surface area contributed by atoms with Crippen molar-refractivity contribution in [2.75, 3.05) is 5.32 Å². The number of sulfonamides is 1. The highest BCUT2D eigenvalue weighted by Gasteiger charge is 2.23. The monoisotopic (exact) mass is 300 g/mol. The summed E-state index contributed by atoms with van der Waals surface area (Å²) in [6, 6.07) is 3.14. The fraction of sp³-hybridized carbons (Fsp3) is 0.333. The number of rotatable bonds is 5. The number of carbonyl (C=O) groups excluding carboxylic acids is 1. The molecule has 20 heavy (non-hydrogen) atoms. The zero-order valence-electron chi connectivity index (χ0n) is 11.3. The molecule has 0 aromatic heterocycles. The van der Waals surface area contributed by atoms with Crippen molar-refractivity contribution in [3.05, 3.63) is 23.8 Å². The van der Waals surface area contributed by atoms with Gasteiger partial charge in [-0.05, 0) is 31.5 Å². The first-order valence-corrected chi connectivity index (χ1v) is 7.25. The second-order valence-corrected chi connectivity index (χ2v) is 6.03. The van der Waals surface area contributed by atoms with Gasteiger partial charge >= 0.3 is 5.97 Å².